The highest BCUT2D eigenvalue weighted by molar-refractivity contribution is 5.94. The molecule has 0 saturated carbocycles. The summed E-state index contributed by atoms with van der Waals surface area (Å²) < 4.78 is 0. The van der Waals surface area contributed by atoms with Crippen molar-refractivity contribution < 1.29 is 4.79 Å². The van der Waals surface area contributed by atoms with Crippen LogP contribution in [0.5, 0.6) is 0 Å². The normalized spacial score (nSPS) is 25.4. The lowest BCUT2D eigenvalue weighted by Gasteiger charge is -2.29. The van der Waals surface area contributed by atoms with Gasteiger partial charge in [-0.15, -0.1) is 0 Å². The van der Waals surface area contributed by atoms with Crippen LogP contribution in [0.3, 0.4) is 0 Å². The Balaban J connectivity index is 2.31. The molecule has 0 atom stereocenters. The smallest absolute Gasteiger partial charge is 0.274 e. The van der Waals surface area contributed by atoms with Crippen LogP contribution in [0.15, 0.2) is 36.3 Å². The molecule has 0 aromatic carbocycles. The Morgan fingerprint density at radius 3 is 2.88 bits per heavy atom. The SMILES string of the molecule is C=C1/C=C2/C(=O)N(C)C=CN2CCCCC1. The Morgan fingerprint density at radius 1 is 1.25 bits per heavy atom. The van der Waals surface area contributed by atoms with Crippen molar-refractivity contribution in [2.24, 2.45) is 0 Å². The second-order valence-electron chi connectivity index (χ2n) is 4.41. The molecular weight excluding hydrogens is 200 g/mol. The molecule has 86 valence electrons. The Kier molecular flexibility index (Phi) is 3.13. The summed E-state index contributed by atoms with van der Waals surface area (Å²) in [6.07, 6.45) is 10.2. The largest absolute Gasteiger partial charge is 0.342 e. The maximum absolute atomic E-state index is 12.0. The Morgan fingerprint density at radius 2 is 2.06 bits per heavy atom. The van der Waals surface area contributed by atoms with Crippen LogP contribution in [0.25, 0.3) is 0 Å². The average Bonchev–Trinajstić information content (AvgIpc) is 2.35. The summed E-state index contributed by atoms with van der Waals surface area (Å²) in [5.41, 5.74) is 1.82. The van der Waals surface area contributed by atoms with Gasteiger partial charge < -0.3 is 9.80 Å². The fraction of sp³-hybridized carbons (Fsp3) is 0.462. The zero-order valence-corrected chi connectivity index (χ0v) is 9.78. The minimum Gasteiger partial charge on any atom is -0.342 e. The molecular formula is C13H18N2O. The monoisotopic (exact) mass is 218 g/mol. The van der Waals surface area contributed by atoms with E-state index < -0.39 is 0 Å². The number of allylic oxidation sites excluding steroid dienone is 2. The van der Waals surface area contributed by atoms with E-state index in [1.807, 2.05) is 23.4 Å². The van der Waals surface area contributed by atoms with E-state index in [1.54, 1.807) is 11.9 Å². The summed E-state index contributed by atoms with van der Waals surface area (Å²) in [5.74, 6) is 0.0607. The molecule has 0 unspecified atom stereocenters. The Hall–Kier alpha value is -1.51. The molecule has 0 aliphatic carbocycles. The molecule has 0 aromatic heterocycles. The summed E-state index contributed by atoms with van der Waals surface area (Å²) in [7, 11) is 1.78. The lowest BCUT2D eigenvalue weighted by Crippen LogP contribution is -2.36. The number of nitrogens with zero attached hydrogens (tertiary/aromatic N) is 2. The van der Waals surface area contributed by atoms with Crippen LogP contribution >= 0.6 is 0 Å². The molecule has 0 spiro atoms. The third-order valence-electron chi connectivity index (χ3n) is 3.06. The van der Waals surface area contributed by atoms with Crippen molar-refractivity contribution in [3.05, 3.63) is 36.3 Å². The van der Waals surface area contributed by atoms with E-state index in [-0.39, 0.29) is 5.91 Å². The van der Waals surface area contributed by atoms with Gasteiger partial charge in [-0.25, -0.2) is 0 Å². The summed E-state index contributed by atoms with van der Waals surface area (Å²) in [6, 6.07) is 0. The fourth-order valence-corrected chi connectivity index (χ4v) is 2.05. The lowest BCUT2D eigenvalue weighted by atomic mass is 10.1. The number of hydrogen-bond acceptors (Lipinski definition) is 2. The average molecular weight is 218 g/mol. The van der Waals surface area contributed by atoms with Crippen molar-refractivity contribution in [2.45, 2.75) is 25.7 Å². The highest BCUT2D eigenvalue weighted by atomic mass is 16.2. The fourth-order valence-electron chi connectivity index (χ4n) is 2.05. The van der Waals surface area contributed by atoms with Crippen LogP contribution in [0, 0.1) is 0 Å². The first-order valence-electron chi connectivity index (χ1n) is 5.80. The second-order valence-corrected chi connectivity index (χ2v) is 4.41. The van der Waals surface area contributed by atoms with Crippen LogP contribution in [0.1, 0.15) is 25.7 Å². The van der Waals surface area contributed by atoms with Gasteiger partial charge in [-0.1, -0.05) is 18.6 Å². The first-order valence-corrected chi connectivity index (χ1v) is 5.80. The standard InChI is InChI=1S/C13H18N2O/c1-11-6-4-3-5-7-15-9-8-14(2)13(16)12(15)10-11/h8-10H,1,3-7H2,2H3/b12-10-. The third-order valence-corrected chi connectivity index (χ3v) is 3.06. The van der Waals surface area contributed by atoms with Gasteiger partial charge in [-0.3, -0.25) is 4.79 Å². The molecule has 16 heavy (non-hydrogen) atoms. The van der Waals surface area contributed by atoms with E-state index in [0.29, 0.717) is 0 Å². The van der Waals surface area contributed by atoms with Gasteiger partial charge in [-0.2, -0.15) is 0 Å². The topological polar surface area (TPSA) is 23.6 Å². The van der Waals surface area contributed by atoms with Gasteiger partial charge in [0.1, 0.15) is 5.70 Å². The summed E-state index contributed by atoms with van der Waals surface area (Å²) >= 11 is 0. The molecule has 0 radical (unpaired) electrons. The summed E-state index contributed by atoms with van der Waals surface area (Å²) in [4.78, 5) is 15.7. The number of carbonyl (C=O) groups excluding carboxylic acids is 1. The minimum atomic E-state index is 0.0607. The molecule has 2 heterocycles. The van der Waals surface area contributed by atoms with E-state index in [0.717, 1.165) is 30.7 Å². The lowest BCUT2D eigenvalue weighted by molar-refractivity contribution is -0.125. The third kappa shape index (κ3) is 2.18. The van der Waals surface area contributed by atoms with Gasteiger partial charge in [0.05, 0.1) is 0 Å². The van der Waals surface area contributed by atoms with Crippen LogP contribution in [0.4, 0.5) is 0 Å². The van der Waals surface area contributed by atoms with Crippen molar-refractivity contribution >= 4 is 5.91 Å². The van der Waals surface area contributed by atoms with Gasteiger partial charge in [0.2, 0.25) is 0 Å². The maximum atomic E-state index is 12.0. The minimum absolute atomic E-state index is 0.0607. The summed E-state index contributed by atoms with van der Waals surface area (Å²) in [5, 5.41) is 0. The van der Waals surface area contributed by atoms with E-state index in [2.05, 4.69) is 6.58 Å². The van der Waals surface area contributed by atoms with Crippen molar-refractivity contribution in [1.29, 1.82) is 0 Å². The van der Waals surface area contributed by atoms with E-state index in [4.69, 9.17) is 0 Å². The van der Waals surface area contributed by atoms with E-state index in [9.17, 15) is 4.79 Å². The molecule has 2 rings (SSSR count). The van der Waals surface area contributed by atoms with Crippen molar-refractivity contribution in [3.63, 3.8) is 0 Å². The zero-order chi connectivity index (χ0) is 11.5. The van der Waals surface area contributed by atoms with Crippen molar-refractivity contribution in [2.75, 3.05) is 13.6 Å². The number of carbonyl (C=O) groups is 1. The molecule has 2 aliphatic rings. The number of likely N-dealkylation sites (N-methyl/N-ethyl adjacent to an activating group) is 1. The zero-order valence-electron chi connectivity index (χ0n) is 9.78. The van der Waals surface area contributed by atoms with Crippen LogP contribution in [-0.4, -0.2) is 29.3 Å². The Bertz CT molecular complexity index is 368. The molecule has 0 N–H and O–H groups in total. The predicted molar refractivity (Wildman–Crippen MR) is 64.3 cm³/mol. The van der Waals surface area contributed by atoms with Crippen molar-refractivity contribution in [3.8, 4) is 0 Å². The summed E-state index contributed by atoms with van der Waals surface area (Å²) in [6.45, 7) is 4.94. The molecule has 1 amide bonds. The first-order chi connectivity index (χ1) is 7.68. The number of fused-ring (bicyclic) bond motifs is 1. The molecule has 0 bridgehead atoms. The van der Waals surface area contributed by atoms with E-state index >= 15 is 0 Å². The number of amides is 1. The van der Waals surface area contributed by atoms with Crippen LogP contribution in [-0.2, 0) is 4.79 Å². The van der Waals surface area contributed by atoms with Gasteiger partial charge in [0.15, 0.2) is 0 Å². The number of hydrogen-bond donors (Lipinski definition) is 0. The quantitative estimate of drug-likeness (QED) is 0.622. The molecule has 3 nitrogen and oxygen atoms in total. The van der Waals surface area contributed by atoms with Crippen molar-refractivity contribution in [1.82, 2.24) is 9.80 Å². The Labute approximate surface area is 96.7 Å². The van der Waals surface area contributed by atoms with Gasteiger partial charge >= 0.3 is 0 Å². The van der Waals surface area contributed by atoms with Crippen LogP contribution < -0.4 is 0 Å². The first kappa shape index (κ1) is 11.0. The predicted octanol–water partition coefficient (Wildman–Crippen LogP) is 2.25. The molecule has 3 heteroatoms. The van der Waals surface area contributed by atoms with Gasteiger partial charge in [-0.05, 0) is 25.3 Å². The highest BCUT2D eigenvalue weighted by Crippen LogP contribution is 2.21. The van der Waals surface area contributed by atoms with E-state index in [1.165, 1.54) is 12.8 Å². The van der Waals surface area contributed by atoms with Gasteiger partial charge in [0.25, 0.3) is 5.91 Å². The molecule has 0 saturated heterocycles. The number of rotatable bonds is 0. The van der Waals surface area contributed by atoms with Gasteiger partial charge in [0, 0.05) is 26.0 Å². The maximum Gasteiger partial charge on any atom is 0.274 e. The molecule has 0 aromatic rings. The second kappa shape index (κ2) is 4.56. The van der Waals surface area contributed by atoms with Crippen LogP contribution in [0.2, 0.25) is 0 Å². The molecule has 0 fully saturated rings. The molecule has 2 aliphatic heterocycles. The highest BCUT2D eigenvalue weighted by Gasteiger charge is 2.23.